The van der Waals surface area contributed by atoms with Crippen LogP contribution >= 0.6 is 0 Å². The molecule has 2 amide bonds. The number of halogens is 1. The Morgan fingerprint density at radius 2 is 1.80 bits per heavy atom. The first-order valence-corrected chi connectivity index (χ1v) is 5.86. The highest BCUT2D eigenvalue weighted by Gasteiger charge is 2.12. The molecule has 20 heavy (non-hydrogen) atoms. The Balaban J connectivity index is 2.13. The van der Waals surface area contributed by atoms with Crippen LogP contribution in [0.3, 0.4) is 0 Å². The molecule has 0 spiro atoms. The van der Waals surface area contributed by atoms with E-state index in [1.54, 1.807) is 24.3 Å². The molecule has 0 aliphatic heterocycles. The third-order valence-electron chi connectivity index (χ3n) is 2.64. The van der Waals surface area contributed by atoms with E-state index in [0.29, 0.717) is 11.3 Å². The number of carbonyl (C=O) groups excluding carboxylic acids is 2. The first-order valence-electron chi connectivity index (χ1n) is 5.86. The van der Waals surface area contributed by atoms with E-state index in [9.17, 15) is 14.0 Å². The molecule has 0 atom stereocenters. The zero-order chi connectivity index (χ0) is 14.5. The van der Waals surface area contributed by atoms with Gasteiger partial charge in [-0.25, -0.2) is 4.98 Å². The zero-order valence-corrected chi connectivity index (χ0v) is 10.7. The van der Waals surface area contributed by atoms with Crippen molar-refractivity contribution in [1.29, 1.82) is 0 Å². The van der Waals surface area contributed by atoms with E-state index < -0.39 is 11.9 Å². The molecule has 0 saturated carbocycles. The molecule has 2 aromatic rings. The largest absolute Gasteiger partial charge is 0.355 e. The average molecular weight is 273 g/mol. The normalized spacial score (nSPS) is 9.90. The second-order valence-corrected chi connectivity index (χ2v) is 3.95. The van der Waals surface area contributed by atoms with Gasteiger partial charge in [0.05, 0.1) is 5.56 Å². The highest BCUT2D eigenvalue weighted by atomic mass is 19.1. The SMILES string of the molecule is CNC(=O)c1ccc(NC(=O)c2cccnc2F)cc1. The van der Waals surface area contributed by atoms with Gasteiger partial charge in [-0.3, -0.25) is 9.59 Å². The van der Waals surface area contributed by atoms with Gasteiger partial charge in [-0.05, 0) is 36.4 Å². The molecule has 2 rings (SSSR count). The molecule has 1 aromatic carbocycles. The van der Waals surface area contributed by atoms with Crippen molar-refractivity contribution in [3.8, 4) is 0 Å². The fraction of sp³-hybridized carbons (Fsp3) is 0.0714. The lowest BCUT2D eigenvalue weighted by molar-refractivity contribution is 0.0962. The summed E-state index contributed by atoms with van der Waals surface area (Å²) < 4.78 is 13.3. The summed E-state index contributed by atoms with van der Waals surface area (Å²) in [4.78, 5) is 26.6. The molecule has 2 N–H and O–H groups in total. The van der Waals surface area contributed by atoms with Gasteiger partial charge in [0.25, 0.3) is 11.8 Å². The summed E-state index contributed by atoms with van der Waals surface area (Å²) in [5, 5.41) is 5.02. The minimum atomic E-state index is -0.827. The molecule has 0 fully saturated rings. The first-order chi connectivity index (χ1) is 9.61. The molecular formula is C14H12FN3O2. The van der Waals surface area contributed by atoms with Gasteiger partial charge >= 0.3 is 0 Å². The molecule has 0 aliphatic carbocycles. The van der Waals surface area contributed by atoms with Gasteiger partial charge in [0.15, 0.2) is 0 Å². The quantitative estimate of drug-likeness (QED) is 0.838. The van der Waals surface area contributed by atoms with Gasteiger partial charge < -0.3 is 10.6 Å². The molecule has 6 heteroatoms. The molecule has 0 bridgehead atoms. The summed E-state index contributed by atoms with van der Waals surface area (Å²) in [5.41, 5.74) is 0.798. The number of aromatic nitrogens is 1. The van der Waals surface area contributed by atoms with Crippen LogP contribution in [-0.4, -0.2) is 23.8 Å². The molecule has 5 nitrogen and oxygen atoms in total. The van der Waals surface area contributed by atoms with Gasteiger partial charge in [0.2, 0.25) is 5.95 Å². The molecular weight excluding hydrogens is 261 g/mol. The fourth-order valence-electron chi connectivity index (χ4n) is 1.60. The number of nitrogens with one attached hydrogen (secondary N) is 2. The summed E-state index contributed by atoms with van der Waals surface area (Å²) in [5.74, 6) is -1.64. The smallest absolute Gasteiger partial charge is 0.260 e. The van der Waals surface area contributed by atoms with Gasteiger partial charge in [-0.1, -0.05) is 0 Å². The van der Waals surface area contributed by atoms with E-state index in [4.69, 9.17) is 0 Å². The minimum Gasteiger partial charge on any atom is -0.355 e. The van der Waals surface area contributed by atoms with Gasteiger partial charge in [-0.2, -0.15) is 4.39 Å². The van der Waals surface area contributed by atoms with Crippen LogP contribution in [0.25, 0.3) is 0 Å². The van der Waals surface area contributed by atoms with Gasteiger partial charge in [0, 0.05) is 24.5 Å². The van der Waals surface area contributed by atoms with Gasteiger partial charge in [0.1, 0.15) is 0 Å². The topological polar surface area (TPSA) is 71.1 Å². The van der Waals surface area contributed by atoms with Crippen molar-refractivity contribution in [2.24, 2.45) is 0 Å². The molecule has 0 radical (unpaired) electrons. The van der Waals surface area contributed by atoms with Crippen LogP contribution in [0.4, 0.5) is 10.1 Å². The van der Waals surface area contributed by atoms with Crippen molar-refractivity contribution in [1.82, 2.24) is 10.3 Å². The van der Waals surface area contributed by atoms with Crippen molar-refractivity contribution in [2.75, 3.05) is 12.4 Å². The second-order valence-electron chi connectivity index (χ2n) is 3.95. The van der Waals surface area contributed by atoms with Crippen molar-refractivity contribution in [2.45, 2.75) is 0 Å². The molecule has 102 valence electrons. The third kappa shape index (κ3) is 2.97. The molecule has 1 heterocycles. The van der Waals surface area contributed by atoms with E-state index in [1.165, 1.54) is 25.4 Å². The predicted octanol–water partition coefficient (Wildman–Crippen LogP) is 1.83. The van der Waals surface area contributed by atoms with E-state index in [-0.39, 0.29) is 11.5 Å². The van der Waals surface area contributed by atoms with Crippen molar-refractivity contribution >= 4 is 17.5 Å². The van der Waals surface area contributed by atoms with Crippen LogP contribution in [0.2, 0.25) is 0 Å². The number of carbonyl (C=O) groups is 2. The maximum atomic E-state index is 13.3. The van der Waals surface area contributed by atoms with Crippen LogP contribution < -0.4 is 10.6 Å². The minimum absolute atomic E-state index is 0.136. The van der Waals surface area contributed by atoms with Crippen LogP contribution in [0, 0.1) is 5.95 Å². The van der Waals surface area contributed by atoms with Crippen molar-refractivity contribution in [3.63, 3.8) is 0 Å². The molecule has 1 aromatic heterocycles. The Morgan fingerprint density at radius 3 is 2.40 bits per heavy atom. The lowest BCUT2D eigenvalue weighted by atomic mass is 10.2. The Labute approximate surface area is 114 Å². The number of rotatable bonds is 3. The molecule has 0 saturated heterocycles. The maximum Gasteiger partial charge on any atom is 0.260 e. The summed E-state index contributed by atoms with van der Waals surface area (Å²) in [6.07, 6.45) is 1.27. The third-order valence-corrected chi connectivity index (χ3v) is 2.64. The van der Waals surface area contributed by atoms with Crippen LogP contribution in [-0.2, 0) is 0 Å². The van der Waals surface area contributed by atoms with E-state index >= 15 is 0 Å². The second kappa shape index (κ2) is 5.92. The van der Waals surface area contributed by atoms with E-state index in [1.807, 2.05) is 0 Å². The highest BCUT2D eigenvalue weighted by molar-refractivity contribution is 6.04. The Hall–Kier alpha value is -2.76. The number of anilines is 1. The summed E-state index contributed by atoms with van der Waals surface area (Å²) in [6.45, 7) is 0. The van der Waals surface area contributed by atoms with Gasteiger partial charge in [-0.15, -0.1) is 0 Å². The lowest BCUT2D eigenvalue weighted by Gasteiger charge is -2.06. The highest BCUT2D eigenvalue weighted by Crippen LogP contribution is 2.12. The maximum absolute atomic E-state index is 13.3. The zero-order valence-electron chi connectivity index (χ0n) is 10.7. The number of amides is 2. The number of benzene rings is 1. The predicted molar refractivity (Wildman–Crippen MR) is 72.0 cm³/mol. The monoisotopic (exact) mass is 273 g/mol. The lowest BCUT2D eigenvalue weighted by Crippen LogP contribution is -2.18. The summed E-state index contributed by atoms with van der Waals surface area (Å²) in [6, 6.07) is 9.08. The standard InChI is InChI=1S/C14H12FN3O2/c1-16-13(19)9-4-6-10(7-5-9)18-14(20)11-3-2-8-17-12(11)15/h2-8H,1H3,(H,16,19)(H,18,20). The summed E-state index contributed by atoms with van der Waals surface area (Å²) >= 11 is 0. The fourth-order valence-corrected chi connectivity index (χ4v) is 1.60. The van der Waals surface area contributed by atoms with Crippen molar-refractivity contribution < 1.29 is 14.0 Å². The molecule has 0 aliphatic rings. The van der Waals surface area contributed by atoms with Crippen molar-refractivity contribution in [3.05, 3.63) is 59.7 Å². The van der Waals surface area contributed by atoms with E-state index in [2.05, 4.69) is 15.6 Å². The van der Waals surface area contributed by atoms with Crippen LogP contribution in [0.5, 0.6) is 0 Å². The Morgan fingerprint density at radius 1 is 1.10 bits per heavy atom. The Bertz CT molecular complexity index is 641. The summed E-state index contributed by atoms with van der Waals surface area (Å²) in [7, 11) is 1.53. The average Bonchev–Trinajstić information content (AvgIpc) is 2.47. The number of nitrogens with zero attached hydrogens (tertiary/aromatic N) is 1. The first kappa shape index (κ1) is 13.7. The van der Waals surface area contributed by atoms with E-state index in [0.717, 1.165) is 0 Å². The van der Waals surface area contributed by atoms with Crippen LogP contribution in [0.1, 0.15) is 20.7 Å². The van der Waals surface area contributed by atoms with Crippen LogP contribution in [0.15, 0.2) is 42.6 Å². The molecule has 0 unspecified atom stereocenters. The Kier molecular flexibility index (Phi) is 4.05. The number of pyridine rings is 1. The number of hydrogen-bond acceptors (Lipinski definition) is 3. The number of hydrogen-bond donors (Lipinski definition) is 2.